The Morgan fingerprint density at radius 2 is 1.75 bits per heavy atom. The van der Waals surface area contributed by atoms with E-state index in [9.17, 15) is 10.1 Å². The van der Waals surface area contributed by atoms with E-state index in [1.54, 1.807) is 0 Å². The average molecular weight is 231 g/mol. The van der Waals surface area contributed by atoms with Gasteiger partial charge in [-0.1, -0.05) is 10.2 Å². The number of hydrogen-bond acceptors (Lipinski definition) is 11. The van der Waals surface area contributed by atoms with Gasteiger partial charge in [0.25, 0.3) is 5.95 Å². The molecule has 0 saturated carbocycles. The fourth-order valence-corrected chi connectivity index (χ4v) is 0.495. The Bertz CT molecular complexity index is 455. The molecule has 0 saturated heterocycles. The molecule has 16 heavy (non-hydrogen) atoms. The van der Waals surface area contributed by atoms with Crippen molar-refractivity contribution in [3.05, 3.63) is 10.1 Å². The first-order valence-electron chi connectivity index (χ1n) is 3.44. The summed E-state index contributed by atoms with van der Waals surface area (Å²) in [6, 6.07) is 0. The zero-order valence-corrected chi connectivity index (χ0v) is 7.44. The molecule has 0 aliphatic rings. The van der Waals surface area contributed by atoms with Crippen LogP contribution in [-0.2, 0) is 0 Å². The molecule has 0 aliphatic carbocycles. The lowest BCUT2D eigenvalue weighted by Gasteiger charge is -1.86. The first kappa shape index (κ1) is 11.0. The second-order valence-corrected chi connectivity index (χ2v) is 2.09. The van der Waals surface area contributed by atoms with Crippen molar-refractivity contribution in [3.8, 4) is 0 Å². The van der Waals surface area contributed by atoms with Crippen LogP contribution in [0, 0.1) is 10.1 Å². The van der Waals surface area contributed by atoms with E-state index in [4.69, 9.17) is 16.7 Å². The van der Waals surface area contributed by atoms with Gasteiger partial charge in [-0.25, -0.2) is 0 Å². The maximum Gasteiger partial charge on any atom is 0.312 e. The molecule has 0 spiro atoms. The molecule has 86 valence electrons. The number of anilines is 2. The van der Waals surface area contributed by atoms with Gasteiger partial charge in [-0.15, -0.1) is 0 Å². The summed E-state index contributed by atoms with van der Waals surface area (Å²) in [5.41, 5.74) is 9.84. The Hall–Kier alpha value is -3.06. The first-order valence-corrected chi connectivity index (χ1v) is 3.44. The molecule has 2 aromatic heterocycles. The van der Waals surface area contributed by atoms with Crippen molar-refractivity contribution in [2.45, 2.75) is 0 Å². The lowest BCUT2D eigenvalue weighted by atomic mass is 11.1. The minimum absolute atomic E-state index is 0.111. The Kier molecular flexibility index (Phi) is 3.06. The Balaban J connectivity index is 0.000000165. The highest BCUT2D eigenvalue weighted by molar-refractivity contribution is 5.07. The SMILES string of the molecule is Nc1nnnn1O.Nc1nnnn1[N+](=O)[O-]. The maximum atomic E-state index is 9.83. The van der Waals surface area contributed by atoms with Gasteiger partial charge >= 0.3 is 5.95 Å². The van der Waals surface area contributed by atoms with Gasteiger partial charge in [-0.2, -0.15) is 0 Å². The van der Waals surface area contributed by atoms with E-state index in [1.807, 2.05) is 0 Å². The summed E-state index contributed by atoms with van der Waals surface area (Å²) in [5, 5.41) is 35.4. The molecule has 5 N–H and O–H groups in total. The smallest absolute Gasteiger partial charge is 0.312 e. The standard InChI is InChI=1S/CH2N6O2.CH3N5O/c2-1-3-4-5-6(1)7(8)9;2-1-3-4-5-6(1)7/h(H2,2,3,5);7H,(H2,2,3,5). The van der Waals surface area contributed by atoms with Gasteiger partial charge < -0.3 is 26.8 Å². The lowest BCUT2D eigenvalue weighted by Crippen LogP contribution is -2.13. The fraction of sp³-hybridized carbons (Fsp3) is 0. The highest BCUT2D eigenvalue weighted by Gasteiger charge is 2.09. The second-order valence-electron chi connectivity index (χ2n) is 2.09. The molecule has 0 atom stereocenters. The molecule has 2 rings (SSSR count). The molecular formula is C2H5N11O3. The quantitative estimate of drug-likeness (QED) is 0.253. The third-order valence-electron chi connectivity index (χ3n) is 1.11. The van der Waals surface area contributed by atoms with Crippen LogP contribution in [0.4, 0.5) is 11.9 Å². The number of nitrogens with two attached hydrogens (primary N) is 2. The molecular weight excluding hydrogens is 226 g/mol. The molecule has 0 aromatic carbocycles. The molecule has 14 nitrogen and oxygen atoms in total. The van der Waals surface area contributed by atoms with E-state index in [0.717, 1.165) is 0 Å². The largest absolute Gasteiger partial charge is 0.408 e. The van der Waals surface area contributed by atoms with Crippen LogP contribution in [0.2, 0.25) is 0 Å². The van der Waals surface area contributed by atoms with Crippen LogP contribution in [0.5, 0.6) is 0 Å². The normalized spacial score (nSPS) is 9.25. The summed E-state index contributed by atoms with van der Waals surface area (Å²) < 4.78 is 0. The van der Waals surface area contributed by atoms with Gasteiger partial charge in [-0.3, -0.25) is 0 Å². The van der Waals surface area contributed by atoms with E-state index in [1.165, 1.54) is 0 Å². The third kappa shape index (κ3) is 2.47. The zero-order valence-electron chi connectivity index (χ0n) is 7.44. The average Bonchev–Trinajstić information content (AvgIpc) is 2.78. The number of aromatic nitrogens is 8. The minimum Gasteiger partial charge on any atom is -0.408 e. The Morgan fingerprint density at radius 1 is 1.19 bits per heavy atom. The van der Waals surface area contributed by atoms with Gasteiger partial charge in [-0.05, 0) is 15.3 Å². The van der Waals surface area contributed by atoms with Crippen LogP contribution in [-0.4, -0.2) is 50.9 Å². The van der Waals surface area contributed by atoms with E-state index in [0.29, 0.717) is 4.85 Å². The molecule has 0 unspecified atom stereocenters. The van der Waals surface area contributed by atoms with Crippen LogP contribution in [0.3, 0.4) is 0 Å². The number of nitrogen functional groups attached to an aromatic ring is 2. The summed E-state index contributed by atoms with van der Waals surface area (Å²) in [7, 11) is 0. The Labute approximate surface area is 85.5 Å². The zero-order chi connectivity index (χ0) is 12.1. The van der Waals surface area contributed by atoms with Gasteiger partial charge in [0, 0.05) is 0 Å². The molecule has 14 heteroatoms. The molecule has 0 aliphatic heterocycles. The summed E-state index contributed by atoms with van der Waals surface area (Å²) in [4.78, 5) is 10.5. The first-order chi connectivity index (χ1) is 7.52. The van der Waals surface area contributed by atoms with Crippen molar-refractivity contribution in [3.63, 3.8) is 0 Å². The highest BCUT2D eigenvalue weighted by Crippen LogP contribution is 1.87. The maximum absolute atomic E-state index is 9.83. The van der Waals surface area contributed by atoms with Crippen molar-refractivity contribution < 1.29 is 10.2 Å². The van der Waals surface area contributed by atoms with Crippen molar-refractivity contribution >= 4 is 11.9 Å². The van der Waals surface area contributed by atoms with Crippen LogP contribution in [0.1, 0.15) is 0 Å². The second kappa shape index (κ2) is 4.44. The number of nitrogens with zero attached hydrogens (tertiary/aromatic N) is 9. The molecule has 0 radical (unpaired) electrons. The van der Waals surface area contributed by atoms with Gasteiger partial charge in [0.05, 0.1) is 9.82 Å². The van der Waals surface area contributed by atoms with Crippen LogP contribution in [0.25, 0.3) is 0 Å². The number of rotatable bonds is 1. The molecule has 0 bridgehead atoms. The van der Waals surface area contributed by atoms with Gasteiger partial charge in [0.1, 0.15) is 5.21 Å². The minimum atomic E-state index is -0.824. The van der Waals surface area contributed by atoms with E-state index in [2.05, 4.69) is 31.1 Å². The lowest BCUT2D eigenvalue weighted by molar-refractivity contribution is -0.551. The predicted octanol–water partition coefficient (Wildman–Crippen LogP) is -3.21. The number of nitro groups is 1. The number of tetrazole rings is 2. The van der Waals surface area contributed by atoms with Crippen molar-refractivity contribution in [1.82, 2.24) is 40.7 Å². The van der Waals surface area contributed by atoms with E-state index in [-0.39, 0.29) is 16.7 Å². The van der Waals surface area contributed by atoms with Gasteiger partial charge in [0.15, 0.2) is 0 Å². The summed E-state index contributed by atoms with van der Waals surface area (Å²) in [6.07, 6.45) is 0. The molecule has 0 fully saturated rings. The van der Waals surface area contributed by atoms with E-state index < -0.39 is 5.03 Å². The predicted molar refractivity (Wildman–Crippen MR) is 44.0 cm³/mol. The fourth-order valence-electron chi connectivity index (χ4n) is 0.495. The summed E-state index contributed by atoms with van der Waals surface area (Å²) in [5.74, 6) is -0.444. The summed E-state index contributed by atoms with van der Waals surface area (Å²) >= 11 is 0. The van der Waals surface area contributed by atoms with Crippen LogP contribution in [0.15, 0.2) is 0 Å². The Morgan fingerprint density at radius 3 is 1.94 bits per heavy atom. The summed E-state index contributed by atoms with van der Waals surface area (Å²) in [6.45, 7) is 0. The van der Waals surface area contributed by atoms with E-state index >= 15 is 0 Å². The molecule has 2 aromatic rings. The van der Waals surface area contributed by atoms with Crippen molar-refractivity contribution in [1.29, 1.82) is 0 Å². The van der Waals surface area contributed by atoms with Crippen molar-refractivity contribution in [2.24, 2.45) is 0 Å². The molecule has 0 amide bonds. The monoisotopic (exact) mass is 231 g/mol. The molecule has 2 heterocycles. The van der Waals surface area contributed by atoms with Crippen LogP contribution < -0.4 is 11.5 Å². The highest BCUT2D eigenvalue weighted by atomic mass is 16.7. The van der Waals surface area contributed by atoms with Crippen LogP contribution >= 0.6 is 0 Å². The van der Waals surface area contributed by atoms with Crippen molar-refractivity contribution in [2.75, 3.05) is 11.5 Å². The third-order valence-corrected chi connectivity index (χ3v) is 1.11. The number of hydrogen-bond donors (Lipinski definition) is 3. The van der Waals surface area contributed by atoms with Gasteiger partial charge in [0.2, 0.25) is 5.21 Å². The topological polar surface area (TPSA) is 203 Å².